The Morgan fingerprint density at radius 1 is 1.12 bits per heavy atom. The van der Waals surface area contributed by atoms with Gasteiger partial charge in [-0.3, -0.25) is 9.59 Å². The first-order valence-electron chi connectivity index (χ1n) is 5.30. The molecular formula is C10H19NO3S2. The van der Waals surface area contributed by atoms with Crippen molar-refractivity contribution in [2.75, 3.05) is 29.6 Å². The quantitative estimate of drug-likeness (QED) is 0.585. The molecule has 0 fully saturated rings. The molecule has 1 amide bonds. The molecule has 0 aromatic heterocycles. The number of carbonyl (C=O) groups is 2. The van der Waals surface area contributed by atoms with E-state index in [2.05, 4.69) is 12.2 Å². The lowest BCUT2D eigenvalue weighted by Gasteiger charge is -2.03. The van der Waals surface area contributed by atoms with E-state index < -0.39 is 5.97 Å². The summed E-state index contributed by atoms with van der Waals surface area (Å²) in [7, 11) is 0. The third-order valence-corrected chi connectivity index (χ3v) is 3.86. The van der Waals surface area contributed by atoms with Crippen molar-refractivity contribution in [2.45, 2.75) is 19.8 Å². The zero-order valence-electron chi connectivity index (χ0n) is 9.53. The van der Waals surface area contributed by atoms with Crippen molar-refractivity contribution < 1.29 is 14.7 Å². The second-order valence-electron chi connectivity index (χ2n) is 3.05. The highest BCUT2D eigenvalue weighted by Crippen LogP contribution is 2.05. The molecule has 16 heavy (non-hydrogen) atoms. The normalized spacial score (nSPS) is 10.1. The fourth-order valence-corrected chi connectivity index (χ4v) is 2.62. The highest BCUT2D eigenvalue weighted by molar-refractivity contribution is 8.02. The monoisotopic (exact) mass is 265 g/mol. The van der Waals surface area contributed by atoms with Crippen molar-refractivity contribution in [2.24, 2.45) is 0 Å². The lowest BCUT2D eigenvalue weighted by atomic mass is 10.3. The van der Waals surface area contributed by atoms with Crippen LogP contribution < -0.4 is 5.32 Å². The molecule has 0 aliphatic carbocycles. The Morgan fingerprint density at radius 2 is 1.81 bits per heavy atom. The molecule has 0 atom stereocenters. The molecule has 0 saturated carbocycles. The summed E-state index contributed by atoms with van der Waals surface area (Å²) in [6.07, 6.45) is -0.0161. The minimum atomic E-state index is -0.930. The van der Waals surface area contributed by atoms with E-state index in [-0.39, 0.29) is 18.7 Å². The molecule has 0 rings (SSSR count). The van der Waals surface area contributed by atoms with E-state index in [1.807, 2.05) is 23.5 Å². The Bertz CT molecular complexity index is 212. The van der Waals surface area contributed by atoms with E-state index in [1.54, 1.807) is 0 Å². The molecule has 0 aromatic carbocycles. The van der Waals surface area contributed by atoms with E-state index in [0.29, 0.717) is 6.54 Å². The molecule has 0 saturated heterocycles. The maximum atomic E-state index is 11.1. The van der Waals surface area contributed by atoms with Crippen LogP contribution in [0.4, 0.5) is 0 Å². The fraction of sp³-hybridized carbons (Fsp3) is 0.800. The summed E-state index contributed by atoms with van der Waals surface area (Å²) in [6, 6.07) is 0. The molecule has 0 heterocycles. The van der Waals surface area contributed by atoms with Crippen LogP contribution in [0.5, 0.6) is 0 Å². The number of nitrogens with one attached hydrogen (secondary N) is 1. The molecule has 6 heteroatoms. The highest BCUT2D eigenvalue weighted by atomic mass is 32.2. The lowest BCUT2D eigenvalue weighted by Crippen LogP contribution is -2.26. The zero-order chi connectivity index (χ0) is 12.2. The van der Waals surface area contributed by atoms with E-state index in [0.717, 1.165) is 23.0 Å². The SMILES string of the molecule is CCSCCSCCNC(=O)CCC(=O)O. The molecule has 0 unspecified atom stereocenters. The number of carboxylic acids is 1. The van der Waals surface area contributed by atoms with Crippen molar-refractivity contribution in [3.63, 3.8) is 0 Å². The summed E-state index contributed by atoms with van der Waals surface area (Å²) >= 11 is 3.72. The average molecular weight is 265 g/mol. The van der Waals surface area contributed by atoms with Gasteiger partial charge in [-0.25, -0.2) is 0 Å². The summed E-state index contributed by atoms with van der Waals surface area (Å²) in [5.74, 6) is 3.18. The maximum absolute atomic E-state index is 11.1. The van der Waals surface area contributed by atoms with Crippen LogP contribution in [-0.4, -0.2) is 46.5 Å². The van der Waals surface area contributed by atoms with E-state index >= 15 is 0 Å². The van der Waals surface area contributed by atoms with Crippen LogP contribution in [0.3, 0.4) is 0 Å². The van der Waals surface area contributed by atoms with Gasteiger partial charge < -0.3 is 10.4 Å². The van der Waals surface area contributed by atoms with Gasteiger partial charge in [0.15, 0.2) is 0 Å². The topological polar surface area (TPSA) is 66.4 Å². The van der Waals surface area contributed by atoms with E-state index in [1.165, 1.54) is 0 Å². The molecule has 0 bridgehead atoms. The maximum Gasteiger partial charge on any atom is 0.303 e. The number of thioether (sulfide) groups is 2. The number of hydrogen-bond donors (Lipinski definition) is 2. The average Bonchev–Trinajstić information content (AvgIpc) is 2.25. The van der Waals surface area contributed by atoms with Crippen molar-refractivity contribution in [3.8, 4) is 0 Å². The Kier molecular flexibility index (Phi) is 10.9. The van der Waals surface area contributed by atoms with Gasteiger partial charge in [-0.15, -0.1) is 0 Å². The van der Waals surface area contributed by atoms with Crippen LogP contribution in [0.1, 0.15) is 19.8 Å². The van der Waals surface area contributed by atoms with Gasteiger partial charge in [0, 0.05) is 30.2 Å². The van der Waals surface area contributed by atoms with Crippen molar-refractivity contribution in [3.05, 3.63) is 0 Å². The highest BCUT2D eigenvalue weighted by Gasteiger charge is 2.03. The molecule has 2 N–H and O–H groups in total. The molecule has 0 aliphatic rings. The first-order valence-corrected chi connectivity index (χ1v) is 7.61. The largest absolute Gasteiger partial charge is 0.481 e. The van der Waals surface area contributed by atoms with Crippen LogP contribution in [-0.2, 0) is 9.59 Å². The van der Waals surface area contributed by atoms with Crippen molar-refractivity contribution in [1.82, 2.24) is 5.32 Å². The third-order valence-electron chi connectivity index (χ3n) is 1.71. The Labute approximate surface area is 105 Å². The van der Waals surface area contributed by atoms with Crippen LogP contribution in [0, 0.1) is 0 Å². The number of carbonyl (C=O) groups excluding carboxylic acids is 1. The summed E-state index contributed by atoms with van der Waals surface area (Å²) < 4.78 is 0. The van der Waals surface area contributed by atoms with Gasteiger partial charge in [0.05, 0.1) is 6.42 Å². The van der Waals surface area contributed by atoms with Gasteiger partial charge >= 0.3 is 5.97 Å². The lowest BCUT2D eigenvalue weighted by molar-refractivity contribution is -0.138. The van der Waals surface area contributed by atoms with Gasteiger partial charge in [0.2, 0.25) is 5.91 Å². The summed E-state index contributed by atoms with van der Waals surface area (Å²) in [5, 5.41) is 11.1. The molecular weight excluding hydrogens is 246 g/mol. The minimum absolute atomic E-state index is 0.0751. The Balaban J connectivity index is 3.18. The minimum Gasteiger partial charge on any atom is -0.481 e. The van der Waals surface area contributed by atoms with Crippen LogP contribution in [0.2, 0.25) is 0 Å². The second-order valence-corrected chi connectivity index (χ2v) is 5.67. The second kappa shape index (κ2) is 11.1. The molecule has 0 aliphatic heterocycles. The predicted molar refractivity (Wildman–Crippen MR) is 70.2 cm³/mol. The number of aliphatic carboxylic acids is 1. The fourth-order valence-electron chi connectivity index (χ4n) is 0.936. The summed E-state index contributed by atoms with van der Waals surface area (Å²) in [5.41, 5.74) is 0. The number of rotatable bonds is 10. The van der Waals surface area contributed by atoms with Crippen LogP contribution in [0.15, 0.2) is 0 Å². The molecule has 4 nitrogen and oxygen atoms in total. The smallest absolute Gasteiger partial charge is 0.303 e. The number of amides is 1. The Hall–Kier alpha value is -0.360. The molecule has 0 spiro atoms. The van der Waals surface area contributed by atoms with Gasteiger partial charge in [0.1, 0.15) is 0 Å². The van der Waals surface area contributed by atoms with Crippen LogP contribution in [0.25, 0.3) is 0 Å². The number of carboxylic acid groups (broad SMARTS) is 1. The summed E-state index contributed by atoms with van der Waals surface area (Å²) in [6.45, 7) is 2.76. The number of hydrogen-bond acceptors (Lipinski definition) is 4. The first-order chi connectivity index (χ1) is 7.66. The predicted octanol–water partition coefficient (Wildman–Crippen LogP) is 1.45. The zero-order valence-corrected chi connectivity index (χ0v) is 11.2. The van der Waals surface area contributed by atoms with Gasteiger partial charge in [0.25, 0.3) is 0 Å². The molecule has 94 valence electrons. The van der Waals surface area contributed by atoms with Crippen molar-refractivity contribution >= 4 is 35.4 Å². The Morgan fingerprint density at radius 3 is 2.44 bits per heavy atom. The van der Waals surface area contributed by atoms with Gasteiger partial charge in [-0.2, -0.15) is 23.5 Å². The first kappa shape index (κ1) is 15.6. The molecule has 0 aromatic rings. The van der Waals surface area contributed by atoms with E-state index in [4.69, 9.17) is 5.11 Å². The molecule has 0 radical (unpaired) electrons. The third kappa shape index (κ3) is 11.7. The van der Waals surface area contributed by atoms with Gasteiger partial charge in [-0.1, -0.05) is 6.92 Å². The van der Waals surface area contributed by atoms with Crippen molar-refractivity contribution in [1.29, 1.82) is 0 Å². The standard InChI is InChI=1S/C10H19NO3S2/c1-2-15-7-8-16-6-5-11-9(12)3-4-10(13)14/h2-8H2,1H3,(H,11,12)(H,13,14). The van der Waals surface area contributed by atoms with E-state index in [9.17, 15) is 9.59 Å². The van der Waals surface area contributed by atoms with Crippen LogP contribution >= 0.6 is 23.5 Å². The summed E-state index contributed by atoms with van der Waals surface area (Å²) in [4.78, 5) is 21.3. The van der Waals surface area contributed by atoms with Gasteiger partial charge in [-0.05, 0) is 5.75 Å².